The lowest BCUT2D eigenvalue weighted by Crippen LogP contribution is -2.42. The molecule has 0 bridgehead atoms. The fraction of sp³-hybridized carbons (Fsp3) is 0.667. The molecule has 0 aliphatic carbocycles. The molecule has 1 N–H and O–H groups in total. The van der Waals surface area contributed by atoms with Gasteiger partial charge in [0.25, 0.3) is 0 Å². The third kappa shape index (κ3) is 6.41. The van der Waals surface area contributed by atoms with E-state index < -0.39 is 0 Å². The first-order valence-corrected chi connectivity index (χ1v) is 9.03. The van der Waals surface area contributed by atoms with E-state index >= 15 is 0 Å². The van der Waals surface area contributed by atoms with Crippen LogP contribution in [0.15, 0.2) is 29.2 Å². The first-order chi connectivity index (χ1) is 9.88. The Morgan fingerprint density at radius 1 is 1.14 bits per heavy atom. The van der Waals surface area contributed by atoms with Gasteiger partial charge in [-0.2, -0.15) is 0 Å². The highest BCUT2D eigenvalue weighted by atomic mass is 32.2. The molecule has 0 spiro atoms. The minimum absolute atomic E-state index is 0.162. The molecule has 1 aromatic rings. The molecule has 1 rings (SSSR count). The summed E-state index contributed by atoms with van der Waals surface area (Å²) in [5.74, 6) is 1.15. The molecule has 120 valence electrons. The van der Waals surface area contributed by atoms with E-state index in [1.165, 1.54) is 11.3 Å². The summed E-state index contributed by atoms with van der Waals surface area (Å²) in [6.07, 6.45) is 1.60. The molecule has 1 aromatic carbocycles. The Labute approximate surface area is 134 Å². The highest BCUT2D eigenvalue weighted by Gasteiger charge is 2.20. The molecule has 3 heteroatoms. The van der Waals surface area contributed by atoms with Crippen molar-refractivity contribution in [1.29, 1.82) is 0 Å². The van der Waals surface area contributed by atoms with E-state index in [4.69, 9.17) is 0 Å². The van der Waals surface area contributed by atoms with E-state index in [1.54, 1.807) is 0 Å². The fourth-order valence-electron chi connectivity index (χ4n) is 2.42. The van der Waals surface area contributed by atoms with Crippen molar-refractivity contribution in [3.8, 4) is 0 Å². The number of hydrogen-bond acceptors (Lipinski definition) is 3. The van der Waals surface area contributed by atoms with E-state index in [9.17, 15) is 5.11 Å². The summed E-state index contributed by atoms with van der Waals surface area (Å²) < 4.78 is 0. The Kier molecular flexibility index (Phi) is 7.78. The minimum Gasteiger partial charge on any atom is -0.388 e. The molecule has 0 aromatic heterocycles. The van der Waals surface area contributed by atoms with Crippen LogP contribution in [0.25, 0.3) is 0 Å². The second kappa shape index (κ2) is 8.82. The number of rotatable bonds is 8. The molecule has 0 aliphatic rings. The van der Waals surface area contributed by atoms with E-state index in [0.29, 0.717) is 0 Å². The van der Waals surface area contributed by atoms with Gasteiger partial charge in [-0.05, 0) is 63.6 Å². The monoisotopic (exact) mass is 309 g/mol. The van der Waals surface area contributed by atoms with E-state index in [0.717, 1.165) is 30.8 Å². The molecule has 2 nitrogen and oxygen atoms in total. The van der Waals surface area contributed by atoms with Crippen molar-refractivity contribution in [1.82, 2.24) is 4.90 Å². The fourth-order valence-corrected chi connectivity index (χ4v) is 3.19. The van der Waals surface area contributed by atoms with Gasteiger partial charge in [0.2, 0.25) is 0 Å². The second-order valence-electron chi connectivity index (χ2n) is 6.47. The Bertz CT molecular complexity index is 397. The van der Waals surface area contributed by atoms with Crippen LogP contribution >= 0.6 is 11.8 Å². The van der Waals surface area contributed by atoms with Gasteiger partial charge in [-0.25, -0.2) is 0 Å². The summed E-state index contributed by atoms with van der Waals surface area (Å²) in [6.45, 7) is 13.0. The molecule has 0 radical (unpaired) electrons. The van der Waals surface area contributed by atoms with E-state index in [1.807, 2.05) is 11.8 Å². The first-order valence-electron chi connectivity index (χ1n) is 8.04. The SMILES string of the molecule is CCCSc1ccc(C(O)CCN(CC)C(C)(C)C)cc1. The van der Waals surface area contributed by atoms with Gasteiger partial charge in [0.05, 0.1) is 6.10 Å². The van der Waals surface area contributed by atoms with Gasteiger partial charge >= 0.3 is 0 Å². The lowest BCUT2D eigenvalue weighted by Gasteiger charge is -2.35. The maximum absolute atomic E-state index is 10.4. The number of benzene rings is 1. The zero-order valence-electron chi connectivity index (χ0n) is 14.2. The van der Waals surface area contributed by atoms with Crippen LogP contribution in [0.1, 0.15) is 59.1 Å². The van der Waals surface area contributed by atoms with Crippen LogP contribution < -0.4 is 0 Å². The first kappa shape index (κ1) is 18.5. The van der Waals surface area contributed by atoms with Gasteiger partial charge in [0, 0.05) is 17.0 Å². The van der Waals surface area contributed by atoms with Crippen LogP contribution in [0.2, 0.25) is 0 Å². The Morgan fingerprint density at radius 3 is 2.24 bits per heavy atom. The van der Waals surface area contributed by atoms with Crippen molar-refractivity contribution in [2.24, 2.45) is 0 Å². The molecule has 0 heterocycles. The zero-order valence-corrected chi connectivity index (χ0v) is 15.0. The quantitative estimate of drug-likeness (QED) is 0.702. The summed E-state index contributed by atoms with van der Waals surface area (Å²) in [5.41, 5.74) is 1.19. The molecule has 1 unspecified atom stereocenters. The summed E-state index contributed by atoms with van der Waals surface area (Å²) in [6, 6.07) is 8.38. The highest BCUT2D eigenvalue weighted by Crippen LogP contribution is 2.24. The molecular formula is C18H31NOS. The molecule has 1 atom stereocenters. The highest BCUT2D eigenvalue weighted by molar-refractivity contribution is 7.99. The van der Waals surface area contributed by atoms with Gasteiger partial charge in [0.1, 0.15) is 0 Å². The summed E-state index contributed by atoms with van der Waals surface area (Å²) in [7, 11) is 0. The molecule has 0 amide bonds. The molecular weight excluding hydrogens is 278 g/mol. The number of thioether (sulfide) groups is 1. The van der Waals surface area contributed by atoms with Crippen molar-refractivity contribution in [3.63, 3.8) is 0 Å². The van der Waals surface area contributed by atoms with Crippen LogP contribution in [-0.4, -0.2) is 34.4 Å². The lowest BCUT2D eigenvalue weighted by molar-refractivity contribution is 0.0997. The largest absolute Gasteiger partial charge is 0.388 e. The predicted octanol–water partition coefficient (Wildman–Crippen LogP) is 4.73. The van der Waals surface area contributed by atoms with Crippen molar-refractivity contribution < 1.29 is 5.11 Å². The Hall–Kier alpha value is -0.510. The van der Waals surface area contributed by atoms with Crippen molar-refractivity contribution >= 4 is 11.8 Å². The topological polar surface area (TPSA) is 23.5 Å². The standard InChI is InChI=1S/C18H31NOS/c1-6-14-21-16-10-8-15(9-11-16)17(20)12-13-19(7-2)18(3,4)5/h8-11,17,20H,6-7,12-14H2,1-5H3. The van der Waals surface area contributed by atoms with Gasteiger partial charge < -0.3 is 5.11 Å². The molecule has 0 aliphatic heterocycles. The minimum atomic E-state index is -0.369. The maximum atomic E-state index is 10.4. The number of hydrogen-bond donors (Lipinski definition) is 1. The maximum Gasteiger partial charge on any atom is 0.0802 e. The van der Waals surface area contributed by atoms with Gasteiger partial charge in [-0.3, -0.25) is 4.90 Å². The summed E-state index contributed by atoms with van der Waals surface area (Å²) in [5, 5.41) is 10.4. The Morgan fingerprint density at radius 2 is 1.76 bits per heavy atom. The van der Waals surface area contributed by atoms with Gasteiger partial charge in [-0.15, -0.1) is 11.8 Å². The average molecular weight is 310 g/mol. The van der Waals surface area contributed by atoms with E-state index in [2.05, 4.69) is 63.8 Å². The predicted molar refractivity (Wildman–Crippen MR) is 94.0 cm³/mol. The average Bonchev–Trinajstić information content (AvgIpc) is 2.44. The van der Waals surface area contributed by atoms with Gasteiger partial charge in [0.15, 0.2) is 0 Å². The Balaban J connectivity index is 2.53. The van der Waals surface area contributed by atoms with E-state index in [-0.39, 0.29) is 11.6 Å². The van der Waals surface area contributed by atoms with Gasteiger partial charge in [-0.1, -0.05) is 26.0 Å². The third-order valence-corrected chi connectivity index (χ3v) is 4.96. The summed E-state index contributed by atoms with van der Waals surface area (Å²) in [4.78, 5) is 3.69. The molecule has 0 fully saturated rings. The second-order valence-corrected chi connectivity index (χ2v) is 7.64. The molecule has 0 saturated carbocycles. The van der Waals surface area contributed by atoms with Crippen molar-refractivity contribution in [2.45, 2.75) is 64.0 Å². The smallest absolute Gasteiger partial charge is 0.0802 e. The normalized spacial score (nSPS) is 13.7. The number of aliphatic hydroxyl groups is 1. The zero-order chi connectivity index (χ0) is 15.9. The molecule has 0 saturated heterocycles. The van der Waals surface area contributed by atoms with Crippen molar-refractivity contribution in [3.05, 3.63) is 29.8 Å². The molecule has 21 heavy (non-hydrogen) atoms. The van der Waals surface area contributed by atoms with Crippen LogP contribution in [0.4, 0.5) is 0 Å². The van der Waals surface area contributed by atoms with Crippen LogP contribution in [0.5, 0.6) is 0 Å². The number of nitrogens with zero attached hydrogens (tertiary/aromatic N) is 1. The summed E-state index contributed by atoms with van der Waals surface area (Å²) >= 11 is 1.88. The van der Waals surface area contributed by atoms with Crippen LogP contribution in [-0.2, 0) is 0 Å². The van der Waals surface area contributed by atoms with Crippen LogP contribution in [0, 0.1) is 0 Å². The number of aliphatic hydroxyl groups excluding tert-OH is 1. The van der Waals surface area contributed by atoms with Crippen molar-refractivity contribution in [2.75, 3.05) is 18.8 Å². The van der Waals surface area contributed by atoms with Crippen LogP contribution in [0.3, 0.4) is 0 Å². The lowest BCUT2D eigenvalue weighted by atomic mass is 10.0. The third-order valence-electron chi connectivity index (χ3n) is 3.74.